The van der Waals surface area contributed by atoms with Crippen LogP contribution in [0.3, 0.4) is 0 Å². The molecule has 156 valence electrons. The van der Waals surface area contributed by atoms with Crippen LogP contribution in [0.25, 0.3) is 11.0 Å². The normalized spacial score (nSPS) is 11.9. The highest BCUT2D eigenvalue weighted by atomic mass is 16.5. The van der Waals surface area contributed by atoms with Crippen LogP contribution in [0.4, 0.5) is 0 Å². The van der Waals surface area contributed by atoms with Crippen molar-refractivity contribution in [1.82, 2.24) is 5.32 Å². The van der Waals surface area contributed by atoms with Crippen molar-refractivity contribution in [2.75, 3.05) is 7.11 Å². The Labute approximate surface area is 173 Å². The molecule has 0 aliphatic carbocycles. The molecule has 7 nitrogen and oxygen atoms in total. The van der Waals surface area contributed by atoms with Gasteiger partial charge in [0.25, 0.3) is 5.91 Å². The lowest BCUT2D eigenvalue weighted by atomic mass is 10.0. The second kappa shape index (κ2) is 9.26. The van der Waals surface area contributed by atoms with Gasteiger partial charge in [0.05, 0.1) is 7.11 Å². The first-order valence-corrected chi connectivity index (χ1v) is 9.52. The summed E-state index contributed by atoms with van der Waals surface area (Å²) in [6.45, 7) is 3.50. The molecule has 1 aromatic heterocycles. The van der Waals surface area contributed by atoms with E-state index in [9.17, 15) is 14.4 Å². The Bertz CT molecular complexity index is 1100. The van der Waals surface area contributed by atoms with Crippen LogP contribution in [0.5, 0.6) is 5.75 Å². The molecule has 30 heavy (non-hydrogen) atoms. The Hall–Kier alpha value is -3.61. The maximum Gasteiger partial charge on any atom is 0.336 e. The molecule has 0 bridgehead atoms. The molecule has 0 aliphatic heterocycles. The Morgan fingerprint density at radius 2 is 1.80 bits per heavy atom. The molecule has 0 unspecified atom stereocenters. The van der Waals surface area contributed by atoms with E-state index in [2.05, 4.69) is 5.32 Å². The van der Waals surface area contributed by atoms with Gasteiger partial charge in [0, 0.05) is 28.6 Å². The van der Waals surface area contributed by atoms with Crippen LogP contribution in [0, 0.1) is 5.92 Å². The van der Waals surface area contributed by atoms with Gasteiger partial charge in [0.15, 0.2) is 0 Å². The maximum atomic E-state index is 12.7. The molecule has 0 radical (unpaired) electrons. The van der Waals surface area contributed by atoms with Gasteiger partial charge in [-0.15, -0.1) is 0 Å². The summed E-state index contributed by atoms with van der Waals surface area (Å²) in [5, 5.41) is 3.36. The number of hydrogen-bond acceptors (Lipinski definition) is 6. The standard InChI is InChI=1S/C23H23NO6/c1-14(2)21(24-22(26)15-7-5-4-6-8-15)23(27)29-13-16-11-20(25)30-19-12-17(28-3)9-10-18(16)19/h4-12,14,21H,13H2,1-3H3,(H,24,26)/t21-/m0/s1. The van der Waals surface area contributed by atoms with E-state index < -0.39 is 17.6 Å². The molecule has 2 aromatic carbocycles. The van der Waals surface area contributed by atoms with Crippen molar-refractivity contribution in [3.63, 3.8) is 0 Å². The monoisotopic (exact) mass is 409 g/mol. The Morgan fingerprint density at radius 1 is 1.07 bits per heavy atom. The molecule has 1 N–H and O–H groups in total. The summed E-state index contributed by atoms with van der Waals surface area (Å²) >= 11 is 0. The van der Waals surface area contributed by atoms with Gasteiger partial charge >= 0.3 is 11.6 Å². The van der Waals surface area contributed by atoms with Crippen molar-refractivity contribution in [3.8, 4) is 5.75 Å². The minimum Gasteiger partial charge on any atom is -0.497 e. The van der Waals surface area contributed by atoms with Crippen LogP contribution in [0.15, 0.2) is 63.8 Å². The Balaban J connectivity index is 1.76. The molecular formula is C23H23NO6. The first kappa shape index (κ1) is 21.1. The summed E-state index contributed by atoms with van der Waals surface area (Å²) in [7, 11) is 1.51. The van der Waals surface area contributed by atoms with E-state index in [1.54, 1.807) is 48.5 Å². The quantitative estimate of drug-likeness (QED) is 0.475. The van der Waals surface area contributed by atoms with Gasteiger partial charge in [-0.3, -0.25) is 4.79 Å². The van der Waals surface area contributed by atoms with Gasteiger partial charge in [0.2, 0.25) is 0 Å². The number of hydrogen-bond donors (Lipinski definition) is 1. The SMILES string of the molecule is COc1ccc2c(COC(=O)[C@@H](NC(=O)c3ccccc3)C(C)C)cc(=O)oc2c1. The molecular weight excluding hydrogens is 386 g/mol. The summed E-state index contributed by atoms with van der Waals surface area (Å²) < 4.78 is 15.8. The zero-order valence-corrected chi connectivity index (χ0v) is 17.0. The third-order valence-electron chi connectivity index (χ3n) is 4.65. The van der Waals surface area contributed by atoms with Crippen LogP contribution in [-0.4, -0.2) is 25.0 Å². The molecule has 1 heterocycles. The zero-order valence-electron chi connectivity index (χ0n) is 17.0. The van der Waals surface area contributed by atoms with Crippen molar-refractivity contribution in [3.05, 3.63) is 76.1 Å². The minimum atomic E-state index is -0.829. The topological polar surface area (TPSA) is 94.8 Å². The summed E-state index contributed by atoms with van der Waals surface area (Å²) in [6.07, 6.45) is 0. The van der Waals surface area contributed by atoms with Gasteiger partial charge in [0.1, 0.15) is 24.0 Å². The number of fused-ring (bicyclic) bond motifs is 1. The third-order valence-corrected chi connectivity index (χ3v) is 4.65. The van der Waals surface area contributed by atoms with E-state index in [0.717, 1.165) is 0 Å². The first-order valence-electron chi connectivity index (χ1n) is 9.52. The van der Waals surface area contributed by atoms with E-state index in [1.807, 2.05) is 13.8 Å². The smallest absolute Gasteiger partial charge is 0.336 e. The predicted molar refractivity (Wildman–Crippen MR) is 111 cm³/mol. The van der Waals surface area contributed by atoms with Gasteiger partial charge in [-0.1, -0.05) is 32.0 Å². The van der Waals surface area contributed by atoms with Crippen molar-refractivity contribution < 1.29 is 23.5 Å². The maximum absolute atomic E-state index is 12.7. The summed E-state index contributed by atoms with van der Waals surface area (Å²) in [4.78, 5) is 37.0. The highest BCUT2D eigenvalue weighted by molar-refractivity contribution is 5.96. The van der Waals surface area contributed by atoms with E-state index >= 15 is 0 Å². The Kier molecular flexibility index (Phi) is 6.51. The van der Waals surface area contributed by atoms with Gasteiger partial charge in [-0.25, -0.2) is 9.59 Å². The molecule has 0 aliphatic rings. The van der Waals surface area contributed by atoms with Crippen molar-refractivity contribution >= 4 is 22.8 Å². The fourth-order valence-corrected chi connectivity index (χ4v) is 3.01. The molecule has 0 spiro atoms. The van der Waals surface area contributed by atoms with Crippen LogP contribution < -0.4 is 15.7 Å². The van der Waals surface area contributed by atoms with Crippen LogP contribution in [-0.2, 0) is 16.1 Å². The van der Waals surface area contributed by atoms with Crippen LogP contribution in [0.1, 0.15) is 29.8 Å². The lowest BCUT2D eigenvalue weighted by Crippen LogP contribution is -2.45. The number of carbonyl (C=O) groups excluding carboxylic acids is 2. The van der Waals surface area contributed by atoms with Crippen molar-refractivity contribution in [2.45, 2.75) is 26.5 Å². The Morgan fingerprint density at radius 3 is 2.47 bits per heavy atom. The number of carbonyl (C=O) groups is 2. The number of amides is 1. The molecule has 0 saturated heterocycles. The second-order valence-corrected chi connectivity index (χ2v) is 7.12. The molecule has 0 fully saturated rings. The summed E-state index contributed by atoms with van der Waals surface area (Å²) in [6, 6.07) is 14.2. The second-order valence-electron chi connectivity index (χ2n) is 7.12. The lowest BCUT2D eigenvalue weighted by molar-refractivity contribution is -0.148. The first-order chi connectivity index (χ1) is 14.4. The van der Waals surface area contributed by atoms with Crippen molar-refractivity contribution in [2.24, 2.45) is 5.92 Å². The largest absolute Gasteiger partial charge is 0.497 e. The number of rotatable bonds is 7. The van der Waals surface area contributed by atoms with Gasteiger partial charge < -0.3 is 19.2 Å². The highest BCUT2D eigenvalue weighted by Gasteiger charge is 2.26. The van der Waals surface area contributed by atoms with E-state index in [-0.39, 0.29) is 18.4 Å². The number of esters is 1. The molecule has 1 amide bonds. The molecule has 7 heteroatoms. The average molecular weight is 409 g/mol. The third kappa shape index (κ3) is 4.86. The summed E-state index contributed by atoms with van der Waals surface area (Å²) in [5.74, 6) is -0.580. The van der Waals surface area contributed by atoms with E-state index in [0.29, 0.717) is 27.8 Å². The van der Waals surface area contributed by atoms with Gasteiger partial charge in [-0.2, -0.15) is 0 Å². The number of ether oxygens (including phenoxy) is 2. The molecule has 3 aromatic rings. The molecule has 0 saturated carbocycles. The average Bonchev–Trinajstić information content (AvgIpc) is 2.75. The minimum absolute atomic E-state index is 0.127. The molecule has 3 rings (SSSR count). The van der Waals surface area contributed by atoms with Crippen LogP contribution >= 0.6 is 0 Å². The predicted octanol–water partition coefficient (Wildman–Crippen LogP) is 3.30. The highest BCUT2D eigenvalue weighted by Crippen LogP contribution is 2.23. The number of nitrogens with one attached hydrogen (secondary N) is 1. The van der Waals surface area contributed by atoms with E-state index in [1.165, 1.54) is 13.2 Å². The zero-order chi connectivity index (χ0) is 21.7. The molecule has 1 atom stereocenters. The van der Waals surface area contributed by atoms with Crippen molar-refractivity contribution in [1.29, 1.82) is 0 Å². The van der Waals surface area contributed by atoms with Gasteiger partial charge in [-0.05, 0) is 30.2 Å². The van der Waals surface area contributed by atoms with E-state index in [4.69, 9.17) is 13.9 Å². The fourth-order valence-electron chi connectivity index (χ4n) is 3.01. The van der Waals surface area contributed by atoms with Crippen LogP contribution in [0.2, 0.25) is 0 Å². The fraction of sp³-hybridized carbons (Fsp3) is 0.261. The number of benzene rings is 2. The number of methoxy groups -OCH3 is 1. The lowest BCUT2D eigenvalue weighted by Gasteiger charge is -2.21. The summed E-state index contributed by atoms with van der Waals surface area (Å²) in [5.41, 5.74) is 0.746.